The molecule has 6 heteroatoms. The Morgan fingerprint density at radius 2 is 1.81 bits per heavy atom. The van der Waals surface area contributed by atoms with Crippen molar-refractivity contribution in [1.29, 1.82) is 0 Å². The number of carbonyl (C=O) groups excluding carboxylic acids is 1. The minimum Gasteiger partial charge on any atom is -0.320 e. The molecule has 1 amide bonds. The number of rotatable bonds is 3. The van der Waals surface area contributed by atoms with Crippen LogP contribution in [0.15, 0.2) is 53.0 Å². The average Bonchev–Trinajstić information content (AvgIpc) is 3.04. The van der Waals surface area contributed by atoms with Crippen LogP contribution in [0.2, 0.25) is 0 Å². The maximum Gasteiger partial charge on any atom is 0.276 e. The number of fused-ring (bicyclic) bond motifs is 1. The molecule has 0 saturated carbocycles. The Bertz CT molecular complexity index is 966. The zero-order chi connectivity index (χ0) is 18.1. The van der Waals surface area contributed by atoms with E-state index in [9.17, 15) is 9.18 Å². The van der Waals surface area contributed by atoms with Gasteiger partial charge in [-0.15, -0.1) is 0 Å². The molecular weight excluding hydrogens is 397 g/mol. The van der Waals surface area contributed by atoms with E-state index in [1.807, 2.05) is 24.3 Å². The molecule has 0 unspecified atom stereocenters. The average molecular weight is 414 g/mol. The molecule has 0 aliphatic heterocycles. The molecule has 1 N–H and O–H groups in total. The summed E-state index contributed by atoms with van der Waals surface area (Å²) < 4.78 is 15.9. The zero-order valence-corrected chi connectivity index (χ0v) is 15.6. The Kier molecular flexibility index (Phi) is 4.59. The Labute approximate surface area is 159 Å². The standard InChI is InChI=1S/C20H17BrFN3O/c21-16-6-2-3-7-17(16)23-20(26)19-15-5-1-4-8-18(15)25(24-19)14-11-9-13(22)10-12-14/h2-3,6-7,9-12H,1,4-5,8H2,(H,23,26). The van der Waals surface area contributed by atoms with Crippen LogP contribution >= 0.6 is 15.9 Å². The van der Waals surface area contributed by atoms with Gasteiger partial charge in [0.15, 0.2) is 5.69 Å². The highest BCUT2D eigenvalue weighted by atomic mass is 79.9. The van der Waals surface area contributed by atoms with Crippen LogP contribution in [0.1, 0.15) is 34.6 Å². The van der Waals surface area contributed by atoms with Crippen molar-refractivity contribution in [1.82, 2.24) is 9.78 Å². The van der Waals surface area contributed by atoms with Crippen LogP contribution in [0.5, 0.6) is 0 Å². The molecule has 3 aromatic rings. The molecule has 0 radical (unpaired) electrons. The van der Waals surface area contributed by atoms with Crippen molar-refractivity contribution in [3.63, 3.8) is 0 Å². The number of nitrogens with one attached hydrogen (secondary N) is 1. The molecule has 1 heterocycles. The van der Waals surface area contributed by atoms with Gasteiger partial charge >= 0.3 is 0 Å². The van der Waals surface area contributed by atoms with Crippen LogP contribution < -0.4 is 5.32 Å². The van der Waals surface area contributed by atoms with Crippen LogP contribution in [0.4, 0.5) is 10.1 Å². The first-order valence-electron chi connectivity index (χ1n) is 8.56. The highest BCUT2D eigenvalue weighted by molar-refractivity contribution is 9.10. The van der Waals surface area contributed by atoms with E-state index in [4.69, 9.17) is 0 Å². The second-order valence-electron chi connectivity index (χ2n) is 6.30. The zero-order valence-electron chi connectivity index (χ0n) is 14.0. The summed E-state index contributed by atoms with van der Waals surface area (Å²) in [5.74, 6) is -0.516. The van der Waals surface area contributed by atoms with Gasteiger partial charge in [-0.25, -0.2) is 9.07 Å². The van der Waals surface area contributed by atoms with E-state index in [1.165, 1.54) is 12.1 Å². The van der Waals surface area contributed by atoms with E-state index < -0.39 is 0 Å². The summed E-state index contributed by atoms with van der Waals surface area (Å²) >= 11 is 3.45. The van der Waals surface area contributed by atoms with Crippen LogP contribution in [-0.4, -0.2) is 15.7 Å². The molecular formula is C20H17BrFN3O. The van der Waals surface area contributed by atoms with Crippen molar-refractivity contribution in [3.8, 4) is 5.69 Å². The normalized spacial score (nSPS) is 13.3. The molecule has 0 bridgehead atoms. The summed E-state index contributed by atoms with van der Waals surface area (Å²) in [5.41, 5.74) is 3.95. The maximum absolute atomic E-state index is 13.3. The molecule has 2 aromatic carbocycles. The van der Waals surface area contributed by atoms with Gasteiger partial charge < -0.3 is 5.32 Å². The second kappa shape index (κ2) is 7.03. The molecule has 1 aliphatic rings. The largest absolute Gasteiger partial charge is 0.320 e. The lowest BCUT2D eigenvalue weighted by molar-refractivity contribution is 0.102. The van der Waals surface area contributed by atoms with E-state index in [0.717, 1.165) is 47.1 Å². The third-order valence-corrected chi connectivity index (χ3v) is 5.28. The van der Waals surface area contributed by atoms with Crippen molar-refractivity contribution in [2.75, 3.05) is 5.32 Å². The number of amides is 1. The predicted molar refractivity (Wildman–Crippen MR) is 102 cm³/mol. The second-order valence-corrected chi connectivity index (χ2v) is 7.16. The van der Waals surface area contributed by atoms with E-state index in [-0.39, 0.29) is 11.7 Å². The molecule has 0 atom stereocenters. The van der Waals surface area contributed by atoms with Crippen molar-refractivity contribution in [2.24, 2.45) is 0 Å². The van der Waals surface area contributed by atoms with Crippen molar-refractivity contribution >= 4 is 27.5 Å². The molecule has 0 spiro atoms. The fourth-order valence-electron chi connectivity index (χ4n) is 3.32. The summed E-state index contributed by atoms with van der Waals surface area (Å²) in [6, 6.07) is 13.7. The molecule has 4 nitrogen and oxygen atoms in total. The van der Waals surface area contributed by atoms with Gasteiger partial charge in [0.05, 0.1) is 11.4 Å². The van der Waals surface area contributed by atoms with Gasteiger partial charge in [0.25, 0.3) is 5.91 Å². The molecule has 1 aromatic heterocycles. The van der Waals surface area contributed by atoms with Gasteiger partial charge in [0, 0.05) is 15.7 Å². The van der Waals surface area contributed by atoms with Crippen LogP contribution in [0.3, 0.4) is 0 Å². The van der Waals surface area contributed by atoms with Crippen molar-refractivity contribution < 1.29 is 9.18 Å². The molecule has 1 aliphatic carbocycles. The summed E-state index contributed by atoms with van der Waals surface area (Å²) in [7, 11) is 0. The van der Waals surface area contributed by atoms with Gasteiger partial charge in [-0.1, -0.05) is 12.1 Å². The van der Waals surface area contributed by atoms with E-state index in [1.54, 1.807) is 16.8 Å². The molecule has 26 heavy (non-hydrogen) atoms. The molecule has 132 valence electrons. The summed E-state index contributed by atoms with van der Waals surface area (Å²) in [4.78, 5) is 12.9. The number of carbonyl (C=O) groups is 1. The first-order valence-corrected chi connectivity index (χ1v) is 9.35. The topological polar surface area (TPSA) is 46.9 Å². The van der Waals surface area contributed by atoms with Gasteiger partial charge in [-0.2, -0.15) is 5.10 Å². The van der Waals surface area contributed by atoms with E-state index >= 15 is 0 Å². The maximum atomic E-state index is 13.3. The Morgan fingerprint density at radius 1 is 1.08 bits per heavy atom. The first-order chi connectivity index (χ1) is 12.6. The highest BCUT2D eigenvalue weighted by Gasteiger charge is 2.25. The first kappa shape index (κ1) is 17.0. The number of halogens is 2. The highest BCUT2D eigenvalue weighted by Crippen LogP contribution is 2.28. The van der Waals surface area contributed by atoms with Crippen LogP contribution in [-0.2, 0) is 12.8 Å². The minimum atomic E-state index is -0.290. The Morgan fingerprint density at radius 3 is 2.58 bits per heavy atom. The summed E-state index contributed by atoms with van der Waals surface area (Å²) in [6.45, 7) is 0. The molecule has 0 saturated heterocycles. The summed E-state index contributed by atoms with van der Waals surface area (Å²) in [5, 5.41) is 7.51. The van der Waals surface area contributed by atoms with Gasteiger partial charge in [-0.05, 0) is 78.0 Å². The number of para-hydroxylation sites is 1. The third-order valence-electron chi connectivity index (χ3n) is 4.59. The van der Waals surface area contributed by atoms with E-state index in [0.29, 0.717) is 11.4 Å². The number of aromatic nitrogens is 2. The Balaban J connectivity index is 1.73. The smallest absolute Gasteiger partial charge is 0.276 e. The number of hydrogen-bond donors (Lipinski definition) is 1. The fourth-order valence-corrected chi connectivity index (χ4v) is 3.71. The fraction of sp³-hybridized carbons (Fsp3) is 0.200. The Hall–Kier alpha value is -2.47. The number of hydrogen-bond acceptors (Lipinski definition) is 2. The molecule has 0 fully saturated rings. The SMILES string of the molecule is O=C(Nc1ccccc1Br)c1nn(-c2ccc(F)cc2)c2c1CCCC2. The van der Waals surface area contributed by atoms with Crippen molar-refractivity contribution in [3.05, 3.63) is 75.8 Å². The van der Waals surface area contributed by atoms with Gasteiger partial charge in [0.1, 0.15) is 5.82 Å². The quantitative estimate of drug-likeness (QED) is 0.663. The number of nitrogens with zero attached hydrogens (tertiary/aromatic N) is 2. The van der Waals surface area contributed by atoms with Crippen LogP contribution in [0, 0.1) is 5.82 Å². The van der Waals surface area contributed by atoms with E-state index in [2.05, 4.69) is 26.3 Å². The number of anilines is 1. The molecule has 4 rings (SSSR count). The predicted octanol–water partition coefficient (Wildman–Crippen LogP) is 4.91. The summed E-state index contributed by atoms with van der Waals surface area (Å²) in [6.07, 6.45) is 3.79. The lowest BCUT2D eigenvalue weighted by Gasteiger charge is -2.14. The monoisotopic (exact) mass is 413 g/mol. The number of benzene rings is 2. The van der Waals surface area contributed by atoms with Crippen molar-refractivity contribution in [2.45, 2.75) is 25.7 Å². The third kappa shape index (κ3) is 3.17. The lowest BCUT2D eigenvalue weighted by Crippen LogP contribution is -2.15. The minimum absolute atomic E-state index is 0.226. The van der Waals surface area contributed by atoms with Gasteiger partial charge in [-0.3, -0.25) is 4.79 Å². The van der Waals surface area contributed by atoms with Crippen LogP contribution in [0.25, 0.3) is 5.69 Å². The lowest BCUT2D eigenvalue weighted by atomic mass is 9.95. The van der Waals surface area contributed by atoms with Gasteiger partial charge in [0.2, 0.25) is 0 Å².